The van der Waals surface area contributed by atoms with Gasteiger partial charge >= 0.3 is 0 Å². The van der Waals surface area contributed by atoms with Gasteiger partial charge in [0.1, 0.15) is 5.82 Å². The molecule has 1 aliphatic rings. The molecule has 0 aromatic heterocycles. The Kier molecular flexibility index (Phi) is 3.26. The van der Waals surface area contributed by atoms with Gasteiger partial charge in [0.15, 0.2) is 0 Å². The van der Waals surface area contributed by atoms with Gasteiger partial charge in [0.2, 0.25) is 0 Å². The van der Waals surface area contributed by atoms with E-state index in [0.717, 1.165) is 18.4 Å². The molecule has 3 heteroatoms. The minimum absolute atomic E-state index is 0.0342. The number of methoxy groups -OCH3 is 1. The Morgan fingerprint density at radius 2 is 2.19 bits per heavy atom. The zero-order valence-corrected chi connectivity index (χ0v) is 9.63. The predicted molar refractivity (Wildman–Crippen MR) is 61.7 cm³/mol. The maximum Gasteiger partial charge on any atom is 0.129 e. The molecule has 1 aliphatic carbocycles. The zero-order valence-electron chi connectivity index (χ0n) is 9.63. The van der Waals surface area contributed by atoms with E-state index in [1.54, 1.807) is 13.2 Å². The van der Waals surface area contributed by atoms with Crippen molar-refractivity contribution in [2.45, 2.75) is 31.3 Å². The summed E-state index contributed by atoms with van der Waals surface area (Å²) in [5.74, 6) is -0.181. The molecule has 88 valence electrons. The minimum atomic E-state index is -0.181. The smallest absolute Gasteiger partial charge is 0.129 e. The Labute approximate surface area is 95.6 Å². The van der Waals surface area contributed by atoms with Crippen molar-refractivity contribution < 1.29 is 9.13 Å². The van der Waals surface area contributed by atoms with Gasteiger partial charge in [-0.25, -0.2) is 4.39 Å². The minimum Gasteiger partial charge on any atom is -0.380 e. The lowest BCUT2D eigenvalue weighted by atomic mass is 9.64. The lowest BCUT2D eigenvalue weighted by molar-refractivity contribution is 0.181. The van der Waals surface area contributed by atoms with Gasteiger partial charge in [-0.1, -0.05) is 18.6 Å². The summed E-state index contributed by atoms with van der Waals surface area (Å²) in [6, 6.07) is 5.42. The van der Waals surface area contributed by atoms with Gasteiger partial charge in [0.05, 0.1) is 6.61 Å². The number of nitrogens with two attached hydrogens (primary N) is 1. The van der Waals surface area contributed by atoms with Crippen molar-refractivity contribution in [3.05, 3.63) is 35.1 Å². The Hall–Kier alpha value is -0.930. The summed E-state index contributed by atoms with van der Waals surface area (Å²) in [4.78, 5) is 0. The number of hydrogen-bond donors (Lipinski definition) is 1. The molecular weight excluding hydrogens is 205 g/mol. The Morgan fingerprint density at radius 3 is 2.62 bits per heavy atom. The van der Waals surface area contributed by atoms with Crippen LogP contribution in [-0.4, -0.2) is 13.7 Å². The Bertz CT molecular complexity index is 369. The number of hydrogen-bond acceptors (Lipinski definition) is 2. The van der Waals surface area contributed by atoms with Crippen LogP contribution in [0.2, 0.25) is 0 Å². The fraction of sp³-hybridized carbons (Fsp3) is 0.538. The van der Waals surface area contributed by atoms with E-state index < -0.39 is 0 Å². The largest absolute Gasteiger partial charge is 0.380 e. The van der Waals surface area contributed by atoms with Crippen LogP contribution in [0.1, 0.15) is 30.4 Å². The third-order valence-corrected chi connectivity index (χ3v) is 3.67. The van der Waals surface area contributed by atoms with Gasteiger partial charge in [-0.2, -0.15) is 0 Å². The van der Waals surface area contributed by atoms with E-state index in [1.165, 1.54) is 6.42 Å². The maximum atomic E-state index is 13.7. The first-order valence-corrected chi connectivity index (χ1v) is 5.70. The summed E-state index contributed by atoms with van der Waals surface area (Å²) in [5.41, 5.74) is 7.48. The third kappa shape index (κ3) is 1.85. The van der Waals surface area contributed by atoms with Crippen LogP contribution in [0.15, 0.2) is 18.2 Å². The summed E-state index contributed by atoms with van der Waals surface area (Å²) in [6.07, 6.45) is 3.35. The quantitative estimate of drug-likeness (QED) is 0.850. The van der Waals surface area contributed by atoms with Gasteiger partial charge < -0.3 is 10.5 Å². The fourth-order valence-corrected chi connectivity index (χ4v) is 2.36. The highest BCUT2D eigenvalue weighted by atomic mass is 19.1. The van der Waals surface area contributed by atoms with E-state index >= 15 is 0 Å². The standard InChI is InChI=1S/C13H18FNO/c1-16-8-10-3-4-11(7-12(10)14)13(9-15)5-2-6-13/h3-4,7H,2,5-6,8-9,15H2,1H3. The van der Waals surface area contributed by atoms with Crippen LogP contribution >= 0.6 is 0 Å². The van der Waals surface area contributed by atoms with Crippen LogP contribution < -0.4 is 5.73 Å². The summed E-state index contributed by atoms with van der Waals surface area (Å²) in [6.45, 7) is 0.928. The molecule has 0 heterocycles. The molecule has 1 saturated carbocycles. The van der Waals surface area contributed by atoms with Gasteiger partial charge in [-0.05, 0) is 24.5 Å². The van der Waals surface area contributed by atoms with Crippen LogP contribution in [-0.2, 0) is 16.8 Å². The predicted octanol–water partition coefficient (Wildman–Crippen LogP) is 2.35. The normalized spacial score (nSPS) is 18.2. The first kappa shape index (κ1) is 11.6. The molecule has 16 heavy (non-hydrogen) atoms. The van der Waals surface area contributed by atoms with Crippen molar-refractivity contribution in [2.24, 2.45) is 5.73 Å². The molecule has 0 radical (unpaired) electrons. The highest BCUT2D eigenvalue weighted by Crippen LogP contribution is 2.43. The molecule has 0 bridgehead atoms. The second kappa shape index (κ2) is 4.52. The first-order valence-electron chi connectivity index (χ1n) is 5.70. The van der Waals surface area contributed by atoms with Crippen molar-refractivity contribution in [1.29, 1.82) is 0 Å². The fourth-order valence-electron chi connectivity index (χ4n) is 2.36. The number of rotatable bonds is 4. The molecule has 0 unspecified atom stereocenters. The highest BCUT2D eigenvalue weighted by molar-refractivity contribution is 5.32. The number of ether oxygens (including phenoxy) is 1. The maximum absolute atomic E-state index is 13.7. The molecule has 2 nitrogen and oxygen atoms in total. The van der Waals surface area contributed by atoms with E-state index in [9.17, 15) is 4.39 Å². The van der Waals surface area contributed by atoms with Gasteiger partial charge in [-0.15, -0.1) is 0 Å². The third-order valence-electron chi connectivity index (χ3n) is 3.67. The van der Waals surface area contributed by atoms with Gasteiger partial charge in [-0.3, -0.25) is 0 Å². The monoisotopic (exact) mass is 223 g/mol. The molecule has 1 aromatic rings. The van der Waals surface area contributed by atoms with Crippen LogP contribution in [0.3, 0.4) is 0 Å². The van der Waals surface area contributed by atoms with E-state index in [2.05, 4.69) is 0 Å². The summed E-state index contributed by atoms with van der Waals surface area (Å²) < 4.78 is 18.7. The average Bonchev–Trinajstić information content (AvgIpc) is 2.21. The second-order valence-electron chi connectivity index (χ2n) is 4.58. The Morgan fingerprint density at radius 1 is 1.44 bits per heavy atom. The lowest BCUT2D eigenvalue weighted by Crippen LogP contribution is -2.41. The van der Waals surface area contributed by atoms with Crippen molar-refractivity contribution in [3.8, 4) is 0 Å². The van der Waals surface area contributed by atoms with Crippen molar-refractivity contribution in [1.82, 2.24) is 0 Å². The van der Waals surface area contributed by atoms with Crippen molar-refractivity contribution >= 4 is 0 Å². The topological polar surface area (TPSA) is 35.2 Å². The number of benzene rings is 1. The van der Waals surface area contributed by atoms with Crippen molar-refractivity contribution in [3.63, 3.8) is 0 Å². The summed E-state index contributed by atoms with van der Waals surface area (Å²) >= 11 is 0. The van der Waals surface area contributed by atoms with Crippen LogP contribution in [0.25, 0.3) is 0 Å². The summed E-state index contributed by atoms with van der Waals surface area (Å²) in [5, 5.41) is 0. The molecule has 2 N–H and O–H groups in total. The molecule has 0 spiro atoms. The molecule has 1 aromatic carbocycles. The Balaban J connectivity index is 2.26. The molecule has 0 aliphatic heterocycles. The van der Waals surface area contributed by atoms with E-state index in [-0.39, 0.29) is 11.2 Å². The summed E-state index contributed by atoms with van der Waals surface area (Å²) in [7, 11) is 1.57. The molecule has 0 amide bonds. The molecular formula is C13H18FNO. The first-order chi connectivity index (χ1) is 7.72. The van der Waals surface area contributed by atoms with Gasteiger partial charge in [0.25, 0.3) is 0 Å². The second-order valence-corrected chi connectivity index (χ2v) is 4.58. The van der Waals surface area contributed by atoms with Gasteiger partial charge in [0, 0.05) is 24.6 Å². The van der Waals surface area contributed by atoms with Crippen LogP contribution in [0.4, 0.5) is 4.39 Å². The van der Waals surface area contributed by atoms with E-state index in [0.29, 0.717) is 18.7 Å². The molecule has 0 saturated heterocycles. The van der Waals surface area contributed by atoms with E-state index in [1.807, 2.05) is 12.1 Å². The average molecular weight is 223 g/mol. The molecule has 1 fully saturated rings. The molecule has 2 rings (SSSR count). The highest BCUT2D eigenvalue weighted by Gasteiger charge is 2.37. The zero-order chi connectivity index (χ0) is 11.6. The number of halogens is 1. The molecule has 0 atom stereocenters. The van der Waals surface area contributed by atoms with Crippen LogP contribution in [0, 0.1) is 5.82 Å². The van der Waals surface area contributed by atoms with Crippen molar-refractivity contribution in [2.75, 3.05) is 13.7 Å². The van der Waals surface area contributed by atoms with Crippen LogP contribution in [0.5, 0.6) is 0 Å². The van der Waals surface area contributed by atoms with E-state index in [4.69, 9.17) is 10.5 Å². The lowest BCUT2D eigenvalue weighted by Gasteiger charge is -2.41. The SMILES string of the molecule is COCc1ccc(C2(CN)CCC2)cc1F.